The standard InChI is InChI=1S/C13H14ClNO4S/c14-11-3-1-10(2-4-13(16)17)12(9-11)15-5-7-20(18,19)8-6-15/h1-4,9H,5-8H2,(H,16,17)/b4-2+. The fourth-order valence-corrected chi connectivity index (χ4v) is 3.41. The second kappa shape index (κ2) is 5.85. The largest absolute Gasteiger partial charge is 0.478 e. The number of benzene rings is 1. The van der Waals surface area contributed by atoms with Gasteiger partial charge in [0.05, 0.1) is 11.5 Å². The highest BCUT2D eigenvalue weighted by atomic mass is 35.5. The predicted octanol–water partition coefficient (Wildman–Crippen LogP) is 1.67. The zero-order valence-corrected chi connectivity index (χ0v) is 12.2. The Morgan fingerprint density at radius 2 is 1.95 bits per heavy atom. The van der Waals surface area contributed by atoms with Crippen molar-refractivity contribution in [2.75, 3.05) is 29.5 Å². The van der Waals surface area contributed by atoms with Gasteiger partial charge in [0.15, 0.2) is 9.84 Å². The van der Waals surface area contributed by atoms with Gasteiger partial charge in [-0.15, -0.1) is 0 Å². The van der Waals surface area contributed by atoms with Crippen LogP contribution in [0.1, 0.15) is 5.56 Å². The fraction of sp³-hybridized carbons (Fsp3) is 0.308. The van der Waals surface area contributed by atoms with Crippen LogP contribution in [0, 0.1) is 0 Å². The van der Waals surface area contributed by atoms with Crippen molar-refractivity contribution >= 4 is 39.2 Å². The lowest BCUT2D eigenvalue weighted by Gasteiger charge is -2.30. The van der Waals surface area contributed by atoms with E-state index in [1.165, 1.54) is 6.08 Å². The molecule has 108 valence electrons. The van der Waals surface area contributed by atoms with Crippen molar-refractivity contribution in [3.63, 3.8) is 0 Å². The van der Waals surface area contributed by atoms with E-state index in [4.69, 9.17) is 16.7 Å². The van der Waals surface area contributed by atoms with Crippen molar-refractivity contribution in [3.8, 4) is 0 Å². The minimum atomic E-state index is -2.96. The molecule has 1 aromatic rings. The van der Waals surface area contributed by atoms with E-state index < -0.39 is 15.8 Å². The molecule has 0 atom stereocenters. The molecule has 0 amide bonds. The minimum absolute atomic E-state index is 0.0988. The number of carboxylic acid groups (broad SMARTS) is 1. The molecule has 1 N–H and O–H groups in total. The summed E-state index contributed by atoms with van der Waals surface area (Å²) in [6.07, 6.45) is 2.53. The number of anilines is 1. The van der Waals surface area contributed by atoms with Gasteiger partial charge in [-0.1, -0.05) is 17.7 Å². The first-order chi connectivity index (χ1) is 9.37. The molecular formula is C13H14ClNO4S. The van der Waals surface area contributed by atoms with Crippen molar-refractivity contribution in [2.24, 2.45) is 0 Å². The number of aliphatic carboxylic acids is 1. The summed E-state index contributed by atoms with van der Waals surface area (Å²) in [6.45, 7) is 0.771. The van der Waals surface area contributed by atoms with E-state index >= 15 is 0 Å². The van der Waals surface area contributed by atoms with E-state index in [9.17, 15) is 13.2 Å². The zero-order chi connectivity index (χ0) is 14.8. The molecule has 0 aliphatic carbocycles. The van der Waals surface area contributed by atoms with Crippen LogP contribution in [0.15, 0.2) is 24.3 Å². The first-order valence-corrected chi connectivity index (χ1v) is 8.23. The first-order valence-electron chi connectivity index (χ1n) is 6.03. The number of nitrogens with zero attached hydrogens (tertiary/aromatic N) is 1. The summed E-state index contributed by atoms with van der Waals surface area (Å²) < 4.78 is 22.9. The molecule has 1 fully saturated rings. The lowest BCUT2D eigenvalue weighted by molar-refractivity contribution is -0.131. The number of halogens is 1. The van der Waals surface area contributed by atoms with Crippen LogP contribution in [0.3, 0.4) is 0 Å². The van der Waals surface area contributed by atoms with Gasteiger partial charge in [-0.25, -0.2) is 13.2 Å². The van der Waals surface area contributed by atoms with Crippen molar-refractivity contribution < 1.29 is 18.3 Å². The van der Waals surface area contributed by atoms with Gasteiger partial charge in [0.25, 0.3) is 0 Å². The first kappa shape index (κ1) is 14.9. The lowest BCUT2D eigenvalue weighted by atomic mass is 10.1. The van der Waals surface area contributed by atoms with Gasteiger partial charge in [0.2, 0.25) is 0 Å². The normalized spacial score (nSPS) is 18.4. The Kier molecular flexibility index (Phi) is 4.35. The molecular weight excluding hydrogens is 302 g/mol. The van der Waals surface area contributed by atoms with Crippen LogP contribution in [0.4, 0.5) is 5.69 Å². The highest BCUT2D eigenvalue weighted by molar-refractivity contribution is 7.91. The van der Waals surface area contributed by atoms with Crippen LogP contribution in [0.5, 0.6) is 0 Å². The average molecular weight is 316 g/mol. The summed E-state index contributed by atoms with van der Waals surface area (Å²) in [4.78, 5) is 12.5. The second-order valence-corrected chi connectivity index (χ2v) is 7.25. The SMILES string of the molecule is O=C(O)/C=C/c1ccc(Cl)cc1N1CCS(=O)(=O)CC1. The van der Waals surface area contributed by atoms with Gasteiger partial charge >= 0.3 is 5.97 Å². The minimum Gasteiger partial charge on any atom is -0.478 e. The van der Waals surface area contributed by atoms with E-state index in [2.05, 4.69) is 0 Å². The Balaban J connectivity index is 2.30. The van der Waals surface area contributed by atoms with Gasteiger partial charge in [-0.3, -0.25) is 0 Å². The second-order valence-electron chi connectivity index (χ2n) is 4.51. The molecule has 1 heterocycles. The lowest BCUT2D eigenvalue weighted by Crippen LogP contribution is -2.40. The fourth-order valence-electron chi connectivity index (χ4n) is 2.05. The zero-order valence-electron chi connectivity index (χ0n) is 10.6. The van der Waals surface area contributed by atoms with Crippen LogP contribution in [0.2, 0.25) is 5.02 Å². The van der Waals surface area contributed by atoms with Gasteiger partial charge in [0, 0.05) is 29.9 Å². The van der Waals surface area contributed by atoms with Gasteiger partial charge < -0.3 is 10.0 Å². The van der Waals surface area contributed by atoms with Crippen molar-refractivity contribution in [1.82, 2.24) is 0 Å². The Bertz CT molecular complexity index is 640. The Morgan fingerprint density at radius 1 is 1.30 bits per heavy atom. The van der Waals surface area contributed by atoms with Crippen molar-refractivity contribution in [2.45, 2.75) is 0 Å². The van der Waals surface area contributed by atoms with E-state index in [1.807, 2.05) is 4.90 Å². The number of sulfone groups is 1. The van der Waals surface area contributed by atoms with E-state index in [0.717, 1.165) is 11.8 Å². The Morgan fingerprint density at radius 3 is 2.55 bits per heavy atom. The van der Waals surface area contributed by atoms with Crippen LogP contribution in [-0.2, 0) is 14.6 Å². The smallest absolute Gasteiger partial charge is 0.328 e. The molecule has 7 heteroatoms. The summed E-state index contributed by atoms with van der Waals surface area (Å²) in [7, 11) is -2.96. The molecule has 0 spiro atoms. The van der Waals surface area contributed by atoms with Crippen LogP contribution in [-0.4, -0.2) is 44.1 Å². The van der Waals surface area contributed by atoms with Crippen molar-refractivity contribution in [1.29, 1.82) is 0 Å². The summed E-state index contributed by atoms with van der Waals surface area (Å²) in [5, 5.41) is 9.22. The molecule has 2 rings (SSSR count). The van der Waals surface area contributed by atoms with Gasteiger partial charge in [-0.2, -0.15) is 0 Å². The molecule has 0 radical (unpaired) electrons. The maximum Gasteiger partial charge on any atom is 0.328 e. The maximum absolute atomic E-state index is 11.4. The molecule has 5 nitrogen and oxygen atoms in total. The Hall–Kier alpha value is -1.53. The molecule has 0 bridgehead atoms. The third-order valence-electron chi connectivity index (χ3n) is 3.08. The summed E-state index contributed by atoms with van der Waals surface area (Å²) >= 11 is 5.97. The van der Waals surface area contributed by atoms with Gasteiger partial charge in [0.1, 0.15) is 0 Å². The van der Waals surface area contributed by atoms with E-state index in [-0.39, 0.29) is 11.5 Å². The molecule has 1 aliphatic heterocycles. The topological polar surface area (TPSA) is 74.7 Å². The summed E-state index contributed by atoms with van der Waals surface area (Å²) in [5.74, 6) is -0.837. The average Bonchev–Trinajstić information content (AvgIpc) is 2.37. The highest BCUT2D eigenvalue weighted by Gasteiger charge is 2.23. The molecule has 1 aromatic carbocycles. The molecule has 1 aliphatic rings. The quantitative estimate of drug-likeness (QED) is 0.859. The molecule has 0 saturated carbocycles. The number of hydrogen-bond acceptors (Lipinski definition) is 4. The molecule has 0 aromatic heterocycles. The number of carboxylic acids is 1. The third kappa shape index (κ3) is 3.74. The van der Waals surface area contributed by atoms with Crippen LogP contribution < -0.4 is 4.90 Å². The number of rotatable bonds is 3. The molecule has 20 heavy (non-hydrogen) atoms. The van der Waals surface area contributed by atoms with E-state index in [0.29, 0.717) is 23.7 Å². The van der Waals surface area contributed by atoms with Crippen LogP contribution >= 0.6 is 11.6 Å². The third-order valence-corrected chi connectivity index (χ3v) is 4.93. The maximum atomic E-state index is 11.4. The number of carbonyl (C=O) groups is 1. The van der Waals surface area contributed by atoms with E-state index in [1.54, 1.807) is 18.2 Å². The summed E-state index contributed by atoms with van der Waals surface area (Å²) in [5.41, 5.74) is 1.46. The predicted molar refractivity (Wildman–Crippen MR) is 79.0 cm³/mol. The van der Waals surface area contributed by atoms with Crippen LogP contribution in [0.25, 0.3) is 6.08 Å². The molecule has 0 unspecified atom stereocenters. The summed E-state index contributed by atoms with van der Waals surface area (Å²) in [6, 6.07) is 5.12. The monoisotopic (exact) mass is 315 g/mol. The van der Waals surface area contributed by atoms with Gasteiger partial charge in [-0.05, 0) is 23.8 Å². The highest BCUT2D eigenvalue weighted by Crippen LogP contribution is 2.27. The molecule has 1 saturated heterocycles. The van der Waals surface area contributed by atoms with Crippen molar-refractivity contribution in [3.05, 3.63) is 34.9 Å². The Labute approximate surface area is 122 Å². The number of hydrogen-bond donors (Lipinski definition) is 1.